The van der Waals surface area contributed by atoms with E-state index in [1.165, 1.54) is 4.31 Å². The summed E-state index contributed by atoms with van der Waals surface area (Å²) < 4.78 is 27.1. The van der Waals surface area contributed by atoms with Gasteiger partial charge in [0.05, 0.1) is 11.4 Å². The van der Waals surface area contributed by atoms with Gasteiger partial charge < -0.3 is 0 Å². The highest BCUT2D eigenvalue weighted by molar-refractivity contribution is 7.89. The van der Waals surface area contributed by atoms with E-state index < -0.39 is 10.0 Å². The monoisotopic (exact) mass is 327 g/mol. The summed E-state index contributed by atoms with van der Waals surface area (Å²) >= 11 is 5.78. The van der Waals surface area contributed by atoms with Crippen LogP contribution in [0.15, 0.2) is 35.2 Å². The van der Waals surface area contributed by atoms with Gasteiger partial charge in [0, 0.05) is 19.0 Å². The first kappa shape index (κ1) is 16.0. The summed E-state index contributed by atoms with van der Waals surface area (Å²) in [5, 5.41) is 6.68. The Morgan fingerprint density at radius 3 is 2.43 bits per heavy atom. The lowest BCUT2D eigenvalue weighted by Crippen LogP contribution is -2.33. The van der Waals surface area contributed by atoms with Gasteiger partial charge in [-0.2, -0.15) is 9.40 Å². The van der Waals surface area contributed by atoms with Gasteiger partial charge in [0.1, 0.15) is 4.90 Å². The number of sulfonamides is 1. The van der Waals surface area contributed by atoms with E-state index in [-0.39, 0.29) is 17.3 Å². The molecule has 0 spiro atoms. The second-order valence-electron chi connectivity index (χ2n) is 4.78. The Balaban J connectivity index is 2.37. The number of aromatic nitrogens is 2. The molecule has 5 nitrogen and oxygen atoms in total. The maximum atomic E-state index is 12.8. The number of rotatable bonds is 6. The third-order valence-electron chi connectivity index (χ3n) is 3.19. The van der Waals surface area contributed by atoms with Crippen LogP contribution in [0.4, 0.5) is 0 Å². The second-order valence-corrected chi connectivity index (χ2v) is 7.03. The van der Waals surface area contributed by atoms with E-state index in [9.17, 15) is 8.42 Å². The first-order valence-electron chi connectivity index (χ1n) is 6.58. The molecule has 1 N–H and O–H groups in total. The molecule has 2 aromatic rings. The first-order chi connectivity index (χ1) is 9.96. The van der Waals surface area contributed by atoms with Crippen LogP contribution in [0.2, 0.25) is 0 Å². The molecule has 0 unspecified atom stereocenters. The van der Waals surface area contributed by atoms with Crippen LogP contribution in [-0.4, -0.2) is 35.3 Å². The molecule has 1 aromatic heterocycles. The molecular formula is C14H18ClN3O2S. The van der Waals surface area contributed by atoms with Gasteiger partial charge in [-0.05, 0) is 19.4 Å². The van der Waals surface area contributed by atoms with Crippen molar-refractivity contribution >= 4 is 21.6 Å². The van der Waals surface area contributed by atoms with E-state index in [0.29, 0.717) is 17.9 Å². The van der Waals surface area contributed by atoms with Crippen molar-refractivity contribution in [1.82, 2.24) is 14.5 Å². The van der Waals surface area contributed by atoms with Crippen LogP contribution in [0.5, 0.6) is 0 Å². The van der Waals surface area contributed by atoms with Crippen molar-refractivity contribution in [2.24, 2.45) is 0 Å². The van der Waals surface area contributed by atoms with E-state index in [1.807, 2.05) is 30.3 Å². The van der Waals surface area contributed by atoms with Crippen LogP contribution in [0.25, 0.3) is 0 Å². The van der Waals surface area contributed by atoms with Crippen molar-refractivity contribution in [1.29, 1.82) is 0 Å². The van der Waals surface area contributed by atoms with Gasteiger partial charge in [0.25, 0.3) is 0 Å². The van der Waals surface area contributed by atoms with Gasteiger partial charge in [0.15, 0.2) is 0 Å². The Labute approximate surface area is 130 Å². The Bertz CT molecular complexity index is 679. The summed E-state index contributed by atoms with van der Waals surface area (Å²) in [5.41, 5.74) is 1.94. The van der Waals surface area contributed by atoms with Crippen LogP contribution < -0.4 is 0 Å². The molecule has 114 valence electrons. The predicted octanol–water partition coefficient (Wildman–Crippen LogP) is 2.46. The molecule has 0 aliphatic carbocycles. The van der Waals surface area contributed by atoms with E-state index in [0.717, 1.165) is 5.56 Å². The van der Waals surface area contributed by atoms with E-state index in [1.54, 1.807) is 13.8 Å². The number of alkyl halides is 1. The average molecular weight is 328 g/mol. The van der Waals surface area contributed by atoms with Crippen molar-refractivity contribution < 1.29 is 8.42 Å². The molecular weight excluding hydrogens is 310 g/mol. The number of benzene rings is 1. The fourth-order valence-electron chi connectivity index (χ4n) is 2.22. The topological polar surface area (TPSA) is 66.1 Å². The zero-order valence-electron chi connectivity index (χ0n) is 12.0. The fraction of sp³-hybridized carbons (Fsp3) is 0.357. The summed E-state index contributed by atoms with van der Waals surface area (Å²) in [6.45, 7) is 3.93. The third-order valence-corrected chi connectivity index (χ3v) is 5.47. The Morgan fingerprint density at radius 2 is 1.90 bits per heavy atom. The molecule has 0 atom stereocenters. The molecule has 7 heteroatoms. The summed E-state index contributed by atoms with van der Waals surface area (Å²) in [7, 11) is -3.62. The van der Waals surface area contributed by atoms with Crippen LogP contribution in [0.1, 0.15) is 17.0 Å². The molecule has 0 saturated heterocycles. The SMILES string of the molecule is Cc1n[nH]c(C)c1S(=O)(=O)N(CCCl)Cc1ccccc1. The van der Waals surface area contributed by atoms with Gasteiger partial charge in [-0.25, -0.2) is 8.42 Å². The Hall–Kier alpha value is -1.37. The van der Waals surface area contributed by atoms with Crippen LogP contribution in [0, 0.1) is 13.8 Å². The Kier molecular flexibility index (Phi) is 5.03. The second kappa shape index (κ2) is 6.60. The summed E-state index contributed by atoms with van der Waals surface area (Å²) in [6, 6.07) is 9.45. The highest BCUT2D eigenvalue weighted by Gasteiger charge is 2.29. The highest BCUT2D eigenvalue weighted by Crippen LogP contribution is 2.23. The molecule has 1 heterocycles. The molecule has 0 aliphatic rings. The number of aryl methyl sites for hydroxylation is 2. The number of hydrogen-bond acceptors (Lipinski definition) is 3. The van der Waals surface area contributed by atoms with Crippen molar-refractivity contribution in [2.45, 2.75) is 25.3 Å². The van der Waals surface area contributed by atoms with Gasteiger partial charge in [-0.15, -0.1) is 11.6 Å². The fourth-order valence-corrected chi connectivity index (χ4v) is 4.28. The molecule has 0 radical (unpaired) electrons. The molecule has 1 aromatic carbocycles. The minimum absolute atomic E-state index is 0.238. The Morgan fingerprint density at radius 1 is 1.24 bits per heavy atom. The molecule has 21 heavy (non-hydrogen) atoms. The highest BCUT2D eigenvalue weighted by atomic mass is 35.5. The molecule has 0 amide bonds. The van der Waals surface area contributed by atoms with Crippen LogP contribution >= 0.6 is 11.6 Å². The molecule has 0 bridgehead atoms. The van der Waals surface area contributed by atoms with Crippen molar-refractivity contribution in [3.05, 3.63) is 47.3 Å². The lowest BCUT2D eigenvalue weighted by molar-refractivity contribution is 0.424. The summed E-state index contributed by atoms with van der Waals surface area (Å²) in [4.78, 5) is 0.239. The van der Waals surface area contributed by atoms with Crippen molar-refractivity contribution in [3.8, 4) is 0 Å². The van der Waals surface area contributed by atoms with Gasteiger partial charge in [-0.1, -0.05) is 30.3 Å². The number of H-pyrrole nitrogens is 1. The van der Waals surface area contributed by atoms with Gasteiger partial charge >= 0.3 is 0 Å². The van der Waals surface area contributed by atoms with Crippen LogP contribution in [0.3, 0.4) is 0 Å². The normalized spacial score (nSPS) is 12.0. The van der Waals surface area contributed by atoms with Gasteiger partial charge in [-0.3, -0.25) is 5.10 Å². The zero-order valence-corrected chi connectivity index (χ0v) is 13.6. The lowest BCUT2D eigenvalue weighted by Gasteiger charge is -2.21. The maximum Gasteiger partial charge on any atom is 0.247 e. The van der Waals surface area contributed by atoms with Gasteiger partial charge in [0.2, 0.25) is 10.0 Å². The van der Waals surface area contributed by atoms with Crippen molar-refractivity contribution in [3.63, 3.8) is 0 Å². The van der Waals surface area contributed by atoms with E-state index in [2.05, 4.69) is 10.2 Å². The number of halogens is 1. The molecule has 0 aliphatic heterocycles. The average Bonchev–Trinajstić information content (AvgIpc) is 2.79. The number of nitrogens with one attached hydrogen (secondary N) is 1. The largest absolute Gasteiger partial charge is 0.281 e. The van der Waals surface area contributed by atoms with Crippen LogP contribution in [-0.2, 0) is 16.6 Å². The molecule has 0 saturated carbocycles. The summed E-state index contributed by atoms with van der Waals surface area (Å²) in [6.07, 6.45) is 0. The third kappa shape index (κ3) is 3.45. The predicted molar refractivity (Wildman–Crippen MR) is 82.8 cm³/mol. The smallest absolute Gasteiger partial charge is 0.247 e. The summed E-state index contributed by atoms with van der Waals surface area (Å²) in [5.74, 6) is 0.238. The van der Waals surface area contributed by atoms with E-state index >= 15 is 0 Å². The minimum Gasteiger partial charge on any atom is -0.281 e. The number of hydrogen-bond donors (Lipinski definition) is 1. The minimum atomic E-state index is -3.62. The quantitative estimate of drug-likeness (QED) is 0.829. The molecule has 0 fully saturated rings. The number of aromatic amines is 1. The lowest BCUT2D eigenvalue weighted by atomic mass is 10.2. The molecule has 2 rings (SSSR count). The number of nitrogens with zero attached hydrogens (tertiary/aromatic N) is 2. The standard InChI is InChI=1S/C14H18ClN3O2S/c1-11-14(12(2)17-16-11)21(19,20)18(9-8-15)10-13-6-4-3-5-7-13/h3-7H,8-10H2,1-2H3,(H,16,17). The first-order valence-corrected chi connectivity index (χ1v) is 8.56. The zero-order chi connectivity index (χ0) is 15.5. The maximum absolute atomic E-state index is 12.8. The van der Waals surface area contributed by atoms with E-state index in [4.69, 9.17) is 11.6 Å². The van der Waals surface area contributed by atoms with Crippen molar-refractivity contribution in [2.75, 3.05) is 12.4 Å².